The molecule has 4 aromatic rings. The summed E-state index contributed by atoms with van der Waals surface area (Å²) in [4.78, 5) is 33.8. The standard InChI is InChI=1S/C30H24F2N4O4S/c31-22-8-7-19-21(26(22)32)17-41-24-6-2-1-5-20(24)27(19)36-25-16-39-13-12-34(25)30(38)28-29(23(37)9-11-35(28)36)40-15-18-4-3-10-33-14-18/h1-11,14,25,27H,12-13,15-17H2/t25-,27+/m1/s1. The van der Waals surface area contributed by atoms with Gasteiger partial charge in [0, 0.05) is 53.0 Å². The van der Waals surface area contributed by atoms with Crippen LogP contribution in [0.1, 0.15) is 38.8 Å². The zero-order valence-electron chi connectivity index (χ0n) is 21.7. The topological polar surface area (TPSA) is 76.9 Å². The molecule has 5 heterocycles. The molecule has 0 N–H and O–H groups in total. The normalized spacial score (nSPS) is 19.5. The summed E-state index contributed by atoms with van der Waals surface area (Å²) in [5.74, 6) is -2.02. The first-order valence-corrected chi connectivity index (χ1v) is 14.1. The number of pyridine rings is 2. The van der Waals surface area contributed by atoms with Gasteiger partial charge in [-0.25, -0.2) is 8.78 Å². The van der Waals surface area contributed by atoms with Crippen LogP contribution in [-0.4, -0.2) is 46.4 Å². The van der Waals surface area contributed by atoms with Crippen LogP contribution in [0.25, 0.3) is 0 Å². The lowest BCUT2D eigenvalue weighted by atomic mass is 9.93. The predicted octanol–water partition coefficient (Wildman–Crippen LogP) is 4.25. The number of halogens is 2. The molecule has 2 aromatic heterocycles. The minimum Gasteiger partial charge on any atom is -0.482 e. The Morgan fingerprint density at radius 1 is 1.05 bits per heavy atom. The molecule has 208 valence electrons. The predicted molar refractivity (Wildman–Crippen MR) is 147 cm³/mol. The highest BCUT2D eigenvalue weighted by molar-refractivity contribution is 7.98. The van der Waals surface area contributed by atoms with E-state index in [4.69, 9.17) is 9.47 Å². The SMILES string of the molecule is O=C1c2c(OCc3cccnc3)c(=O)ccn2N([C@@H]2c3ccccc3SCc3c2ccc(F)c3F)[C@@H]2COCCN12. The van der Waals surface area contributed by atoms with Crippen LogP contribution in [0.2, 0.25) is 0 Å². The van der Waals surface area contributed by atoms with Crippen molar-refractivity contribution in [3.8, 4) is 5.75 Å². The number of carbonyl (C=O) groups is 1. The Bertz CT molecular complexity index is 1720. The third-order valence-electron chi connectivity index (χ3n) is 7.64. The number of fused-ring (bicyclic) bond motifs is 4. The van der Waals surface area contributed by atoms with Gasteiger partial charge < -0.3 is 14.4 Å². The highest BCUT2D eigenvalue weighted by atomic mass is 32.2. The van der Waals surface area contributed by atoms with Gasteiger partial charge in [0.2, 0.25) is 5.43 Å². The van der Waals surface area contributed by atoms with Gasteiger partial charge in [-0.1, -0.05) is 30.3 Å². The fraction of sp³-hybridized carbons (Fsp3) is 0.233. The van der Waals surface area contributed by atoms with Crippen LogP contribution in [0.3, 0.4) is 0 Å². The van der Waals surface area contributed by atoms with E-state index in [1.165, 1.54) is 17.8 Å². The number of benzene rings is 2. The highest BCUT2D eigenvalue weighted by Crippen LogP contribution is 2.45. The summed E-state index contributed by atoms with van der Waals surface area (Å²) in [6.45, 7) is 0.843. The summed E-state index contributed by atoms with van der Waals surface area (Å²) in [6, 6.07) is 14.7. The molecule has 1 fully saturated rings. The number of thioether (sulfide) groups is 1. The van der Waals surface area contributed by atoms with E-state index in [9.17, 15) is 14.0 Å². The van der Waals surface area contributed by atoms with Crippen LogP contribution in [0, 0.1) is 11.6 Å². The van der Waals surface area contributed by atoms with Crippen molar-refractivity contribution in [1.29, 1.82) is 0 Å². The molecule has 7 rings (SSSR count). The van der Waals surface area contributed by atoms with E-state index in [2.05, 4.69) is 4.98 Å². The van der Waals surface area contributed by atoms with E-state index in [0.29, 0.717) is 18.7 Å². The maximum atomic E-state index is 15.3. The quantitative estimate of drug-likeness (QED) is 0.361. The maximum Gasteiger partial charge on any atom is 0.278 e. The number of amides is 1. The van der Waals surface area contributed by atoms with Crippen molar-refractivity contribution >= 4 is 17.7 Å². The Kier molecular flexibility index (Phi) is 6.47. The minimum absolute atomic E-state index is 0.0378. The van der Waals surface area contributed by atoms with Crippen LogP contribution < -0.4 is 15.2 Å². The number of hydrogen-bond donors (Lipinski definition) is 0. The van der Waals surface area contributed by atoms with Gasteiger partial charge in [0.15, 0.2) is 23.1 Å². The van der Waals surface area contributed by atoms with Crippen molar-refractivity contribution in [2.75, 3.05) is 24.8 Å². The summed E-state index contributed by atoms with van der Waals surface area (Å²) >= 11 is 1.43. The van der Waals surface area contributed by atoms with Gasteiger partial charge in [0.05, 0.1) is 19.3 Å². The van der Waals surface area contributed by atoms with Crippen molar-refractivity contribution in [2.45, 2.75) is 29.5 Å². The van der Waals surface area contributed by atoms with Gasteiger partial charge in [-0.05, 0) is 29.3 Å². The summed E-state index contributed by atoms with van der Waals surface area (Å²) in [5, 5.41) is 1.92. The molecular formula is C30H24F2N4O4S. The molecular weight excluding hydrogens is 550 g/mol. The Balaban J connectivity index is 1.45. The number of hydrogen-bond acceptors (Lipinski definition) is 7. The van der Waals surface area contributed by atoms with Gasteiger partial charge in [-0.3, -0.25) is 24.3 Å². The van der Waals surface area contributed by atoms with Crippen molar-refractivity contribution < 1.29 is 23.0 Å². The number of nitrogens with zero attached hydrogens (tertiary/aromatic N) is 4. The summed E-state index contributed by atoms with van der Waals surface area (Å²) in [6.07, 6.45) is 4.22. The second-order valence-electron chi connectivity index (χ2n) is 9.94. The number of ether oxygens (including phenoxy) is 2. The van der Waals surface area contributed by atoms with Crippen LogP contribution in [-0.2, 0) is 17.1 Å². The smallest absolute Gasteiger partial charge is 0.278 e. The zero-order chi connectivity index (χ0) is 28.1. The third-order valence-corrected chi connectivity index (χ3v) is 8.75. The molecule has 1 saturated heterocycles. The van der Waals surface area contributed by atoms with E-state index in [1.807, 2.05) is 35.3 Å². The molecule has 0 radical (unpaired) electrons. The van der Waals surface area contributed by atoms with Crippen LogP contribution >= 0.6 is 11.8 Å². The number of carbonyl (C=O) groups excluding carboxylic acids is 1. The zero-order valence-corrected chi connectivity index (χ0v) is 22.5. The monoisotopic (exact) mass is 574 g/mol. The molecule has 41 heavy (non-hydrogen) atoms. The minimum atomic E-state index is -0.916. The molecule has 2 aromatic carbocycles. The average Bonchev–Trinajstić information content (AvgIpc) is 3.17. The van der Waals surface area contributed by atoms with E-state index in [0.717, 1.165) is 22.1 Å². The second kappa shape index (κ2) is 10.3. The molecule has 3 aliphatic rings. The molecule has 2 atom stereocenters. The highest BCUT2D eigenvalue weighted by Gasteiger charge is 2.46. The first-order valence-electron chi connectivity index (χ1n) is 13.2. The lowest BCUT2D eigenvalue weighted by Crippen LogP contribution is -2.66. The van der Waals surface area contributed by atoms with E-state index in [1.54, 1.807) is 40.3 Å². The molecule has 0 saturated carbocycles. The molecule has 0 bridgehead atoms. The van der Waals surface area contributed by atoms with Crippen molar-refractivity contribution in [3.63, 3.8) is 0 Å². The van der Waals surface area contributed by atoms with Crippen molar-refractivity contribution in [2.24, 2.45) is 0 Å². The molecule has 0 spiro atoms. The number of aromatic nitrogens is 2. The summed E-state index contributed by atoms with van der Waals surface area (Å²) < 4.78 is 43.3. The Hall–Kier alpha value is -4.22. The average molecular weight is 575 g/mol. The number of rotatable bonds is 4. The second-order valence-corrected chi connectivity index (χ2v) is 11.0. The first kappa shape index (κ1) is 25.7. The van der Waals surface area contributed by atoms with Gasteiger partial charge >= 0.3 is 0 Å². The lowest BCUT2D eigenvalue weighted by molar-refractivity contribution is -0.0199. The molecule has 0 aliphatic carbocycles. The Morgan fingerprint density at radius 3 is 2.78 bits per heavy atom. The molecule has 1 amide bonds. The third kappa shape index (κ3) is 4.27. The summed E-state index contributed by atoms with van der Waals surface area (Å²) in [5.41, 5.74) is 2.06. The van der Waals surface area contributed by atoms with Crippen LogP contribution in [0.4, 0.5) is 8.78 Å². The first-order chi connectivity index (χ1) is 20.0. The Labute approximate surface area is 238 Å². The Morgan fingerprint density at radius 2 is 1.93 bits per heavy atom. The van der Waals surface area contributed by atoms with Crippen molar-refractivity contribution in [1.82, 2.24) is 14.6 Å². The molecule has 3 aliphatic heterocycles. The van der Waals surface area contributed by atoms with E-state index in [-0.39, 0.29) is 41.9 Å². The summed E-state index contributed by atoms with van der Waals surface area (Å²) in [7, 11) is 0. The van der Waals surface area contributed by atoms with Gasteiger partial charge in [0.1, 0.15) is 12.8 Å². The van der Waals surface area contributed by atoms with Gasteiger partial charge in [0.25, 0.3) is 5.91 Å². The van der Waals surface area contributed by atoms with Crippen molar-refractivity contribution in [3.05, 3.63) is 123 Å². The van der Waals surface area contributed by atoms with Crippen LogP contribution in [0.15, 0.2) is 82.9 Å². The molecule has 8 nitrogen and oxygen atoms in total. The largest absolute Gasteiger partial charge is 0.482 e. The lowest BCUT2D eigenvalue weighted by Gasteiger charge is -2.51. The molecule has 0 unspecified atom stereocenters. The van der Waals surface area contributed by atoms with E-state index < -0.39 is 29.3 Å². The van der Waals surface area contributed by atoms with E-state index >= 15 is 4.39 Å². The van der Waals surface area contributed by atoms with Crippen LogP contribution in [0.5, 0.6) is 5.75 Å². The maximum absolute atomic E-state index is 15.3. The van der Waals surface area contributed by atoms with Gasteiger partial charge in [-0.15, -0.1) is 11.8 Å². The number of morpholine rings is 1. The fourth-order valence-corrected chi connectivity index (χ4v) is 6.86. The molecule has 11 heteroatoms. The van der Waals surface area contributed by atoms with Gasteiger partial charge in [-0.2, -0.15) is 0 Å². The fourth-order valence-electron chi connectivity index (χ4n) is 5.75.